The van der Waals surface area contributed by atoms with Crippen LogP contribution in [0.2, 0.25) is 0 Å². The first kappa shape index (κ1) is 17.2. The molecule has 1 heterocycles. The number of anilines is 1. The predicted molar refractivity (Wildman–Crippen MR) is 85.2 cm³/mol. The lowest BCUT2D eigenvalue weighted by Crippen LogP contribution is -2.46. The summed E-state index contributed by atoms with van der Waals surface area (Å²) in [5.74, 6) is -1.13. The molecule has 0 N–H and O–H groups in total. The number of amides is 1. The Hall–Kier alpha value is -1.17. The van der Waals surface area contributed by atoms with Gasteiger partial charge in [0.1, 0.15) is 17.2 Å². The van der Waals surface area contributed by atoms with Gasteiger partial charge in [-0.3, -0.25) is 4.90 Å². The summed E-state index contributed by atoms with van der Waals surface area (Å²) < 4.78 is 34.1. The van der Waals surface area contributed by atoms with Crippen molar-refractivity contribution >= 4 is 27.7 Å². The lowest BCUT2D eigenvalue weighted by molar-refractivity contribution is 0.0557. The van der Waals surface area contributed by atoms with E-state index in [9.17, 15) is 13.6 Å². The first-order valence-electron chi connectivity index (χ1n) is 7.34. The molecule has 1 unspecified atom stereocenters. The van der Waals surface area contributed by atoms with Crippen LogP contribution in [0.15, 0.2) is 10.5 Å². The molecule has 1 aromatic carbocycles. The van der Waals surface area contributed by atoms with Gasteiger partial charge in [-0.15, -0.1) is 0 Å². The minimum absolute atomic E-state index is 0.00745. The van der Waals surface area contributed by atoms with Gasteiger partial charge in [0.25, 0.3) is 0 Å². The van der Waals surface area contributed by atoms with Crippen LogP contribution in [0.1, 0.15) is 46.1 Å². The van der Waals surface area contributed by atoms with E-state index in [1.165, 1.54) is 4.90 Å². The summed E-state index contributed by atoms with van der Waals surface area (Å²) in [5, 5.41) is 0. The van der Waals surface area contributed by atoms with Crippen molar-refractivity contribution in [3.05, 3.63) is 27.7 Å². The molecule has 122 valence electrons. The highest BCUT2D eigenvalue weighted by atomic mass is 79.9. The molecule has 2 rings (SSSR count). The van der Waals surface area contributed by atoms with E-state index in [4.69, 9.17) is 4.74 Å². The topological polar surface area (TPSA) is 29.5 Å². The Bertz CT molecular complexity index is 599. The van der Waals surface area contributed by atoms with Gasteiger partial charge in [-0.25, -0.2) is 13.6 Å². The molecule has 3 nitrogen and oxygen atoms in total. The molecule has 1 aliphatic heterocycles. The molecule has 1 aliphatic rings. The molecule has 0 aliphatic carbocycles. The van der Waals surface area contributed by atoms with Crippen LogP contribution in [0.4, 0.5) is 19.3 Å². The summed E-state index contributed by atoms with van der Waals surface area (Å²) in [6, 6.07) is 0.862. The number of hydrogen-bond donors (Lipinski definition) is 0. The van der Waals surface area contributed by atoms with E-state index in [1.54, 1.807) is 20.8 Å². The quantitative estimate of drug-likeness (QED) is 0.631. The summed E-state index contributed by atoms with van der Waals surface area (Å²) in [4.78, 5) is 13.8. The average Bonchev–Trinajstić information content (AvgIpc) is 2.41. The number of carbonyl (C=O) groups excluding carboxylic acids is 1. The second-order valence-corrected chi connectivity index (χ2v) is 7.29. The molecule has 0 saturated carbocycles. The van der Waals surface area contributed by atoms with E-state index in [-0.39, 0.29) is 21.8 Å². The molecule has 6 heteroatoms. The zero-order valence-corrected chi connectivity index (χ0v) is 14.8. The van der Waals surface area contributed by atoms with Crippen molar-refractivity contribution in [2.45, 2.75) is 58.6 Å². The molecule has 22 heavy (non-hydrogen) atoms. The molecular formula is C16H20BrF2NO2. The number of benzene rings is 1. The number of hydrogen-bond acceptors (Lipinski definition) is 2. The van der Waals surface area contributed by atoms with E-state index >= 15 is 0 Å². The second-order valence-electron chi connectivity index (χ2n) is 6.43. The van der Waals surface area contributed by atoms with Crippen LogP contribution in [0.25, 0.3) is 0 Å². The van der Waals surface area contributed by atoms with E-state index < -0.39 is 23.3 Å². The molecule has 0 radical (unpaired) electrons. The van der Waals surface area contributed by atoms with Crippen LogP contribution in [-0.2, 0) is 11.2 Å². The Morgan fingerprint density at radius 1 is 1.45 bits per heavy atom. The number of ether oxygens (including phenoxy) is 1. The summed E-state index contributed by atoms with van der Waals surface area (Å²) in [7, 11) is 0. The van der Waals surface area contributed by atoms with Crippen LogP contribution in [-0.4, -0.2) is 17.7 Å². The van der Waals surface area contributed by atoms with Crippen LogP contribution < -0.4 is 4.90 Å². The van der Waals surface area contributed by atoms with Crippen molar-refractivity contribution in [2.24, 2.45) is 0 Å². The van der Waals surface area contributed by atoms with Crippen molar-refractivity contribution in [1.29, 1.82) is 0 Å². The Morgan fingerprint density at radius 3 is 2.64 bits per heavy atom. The minimum Gasteiger partial charge on any atom is -0.443 e. The van der Waals surface area contributed by atoms with Gasteiger partial charge in [0.15, 0.2) is 0 Å². The molecule has 0 saturated heterocycles. The average molecular weight is 376 g/mol. The van der Waals surface area contributed by atoms with Crippen molar-refractivity contribution in [1.82, 2.24) is 0 Å². The third-order valence-electron chi connectivity index (χ3n) is 3.64. The molecule has 0 spiro atoms. The number of rotatable bonds is 1. The maximum absolute atomic E-state index is 14.4. The molecule has 0 fully saturated rings. The number of nitrogens with zero attached hydrogens (tertiary/aromatic N) is 1. The SMILES string of the molecule is CCC1CCc2c(F)c(Br)cc(F)c2N1C(=O)OC(C)(C)C. The van der Waals surface area contributed by atoms with Crippen molar-refractivity contribution in [2.75, 3.05) is 4.90 Å². The minimum atomic E-state index is -0.697. The largest absolute Gasteiger partial charge is 0.443 e. The zero-order chi connectivity index (χ0) is 16.7. The lowest BCUT2D eigenvalue weighted by Gasteiger charge is -2.38. The number of fused-ring (bicyclic) bond motifs is 1. The highest BCUT2D eigenvalue weighted by Gasteiger charge is 2.37. The smallest absolute Gasteiger partial charge is 0.415 e. The third-order valence-corrected chi connectivity index (χ3v) is 4.21. The van der Waals surface area contributed by atoms with Crippen molar-refractivity contribution in [3.63, 3.8) is 0 Å². The van der Waals surface area contributed by atoms with Gasteiger partial charge in [0.2, 0.25) is 0 Å². The van der Waals surface area contributed by atoms with Crippen LogP contribution >= 0.6 is 15.9 Å². The van der Waals surface area contributed by atoms with Crippen LogP contribution in [0.3, 0.4) is 0 Å². The normalized spacial score (nSPS) is 18.1. The van der Waals surface area contributed by atoms with Crippen LogP contribution in [0, 0.1) is 11.6 Å². The monoisotopic (exact) mass is 375 g/mol. The third kappa shape index (κ3) is 3.26. The zero-order valence-electron chi connectivity index (χ0n) is 13.2. The molecule has 1 aromatic rings. The summed E-state index contributed by atoms with van der Waals surface area (Å²) in [6.45, 7) is 7.15. The molecular weight excluding hydrogens is 356 g/mol. The Morgan fingerprint density at radius 2 is 2.09 bits per heavy atom. The molecule has 0 aromatic heterocycles. The molecule has 1 atom stereocenters. The fourth-order valence-electron chi connectivity index (χ4n) is 2.68. The summed E-state index contributed by atoms with van der Waals surface area (Å²) in [5.41, 5.74) is -0.465. The Kier molecular flexibility index (Phi) is 4.80. The second kappa shape index (κ2) is 6.14. The molecule has 0 bridgehead atoms. The first-order valence-corrected chi connectivity index (χ1v) is 8.13. The van der Waals surface area contributed by atoms with Gasteiger partial charge in [-0.1, -0.05) is 6.92 Å². The fourth-order valence-corrected chi connectivity index (χ4v) is 3.12. The van der Waals surface area contributed by atoms with Crippen molar-refractivity contribution in [3.8, 4) is 0 Å². The highest BCUT2D eigenvalue weighted by Crippen LogP contribution is 2.39. The fraction of sp³-hybridized carbons (Fsp3) is 0.562. The van der Waals surface area contributed by atoms with Gasteiger partial charge >= 0.3 is 6.09 Å². The number of carbonyl (C=O) groups is 1. The van der Waals surface area contributed by atoms with E-state index in [0.29, 0.717) is 19.3 Å². The standard InChI is InChI=1S/C16H20BrF2NO2/c1-5-9-6-7-10-13(19)11(17)8-12(18)14(10)20(9)15(21)22-16(2,3)4/h8-9H,5-7H2,1-4H3. The molecule has 1 amide bonds. The van der Waals surface area contributed by atoms with Gasteiger partial charge in [-0.05, 0) is 62.0 Å². The maximum Gasteiger partial charge on any atom is 0.415 e. The lowest BCUT2D eigenvalue weighted by atomic mass is 9.94. The van der Waals surface area contributed by atoms with E-state index in [1.807, 2.05) is 6.92 Å². The highest BCUT2D eigenvalue weighted by molar-refractivity contribution is 9.10. The van der Waals surface area contributed by atoms with Gasteiger partial charge in [0, 0.05) is 11.6 Å². The Labute approximate surface area is 137 Å². The van der Waals surface area contributed by atoms with Gasteiger partial charge in [-0.2, -0.15) is 0 Å². The van der Waals surface area contributed by atoms with Crippen molar-refractivity contribution < 1.29 is 18.3 Å². The van der Waals surface area contributed by atoms with Crippen LogP contribution in [0.5, 0.6) is 0 Å². The number of halogens is 3. The first-order chi connectivity index (χ1) is 10.2. The van der Waals surface area contributed by atoms with E-state index in [0.717, 1.165) is 6.07 Å². The van der Waals surface area contributed by atoms with Gasteiger partial charge < -0.3 is 4.74 Å². The predicted octanol–water partition coefficient (Wildman–Crippen LogP) is 5.19. The Balaban J connectivity index is 2.53. The summed E-state index contributed by atoms with van der Waals surface area (Å²) >= 11 is 3.01. The van der Waals surface area contributed by atoms with E-state index in [2.05, 4.69) is 15.9 Å². The maximum atomic E-state index is 14.4. The summed E-state index contributed by atoms with van der Waals surface area (Å²) in [6.07, 6.45) is 0.988. The van der Waals surface area contributed by atoms with Gasteiger partial charge in [0.05, 0.1) is 10.2 Å².